The molecule has 0 N–H and O–H groups in total. The van der Waals surface area contributed by atoms with Gasteiger partial charge in [0.2, 0.25) is 5.89 Å². The van der Waals surface area contributed by atoms with Gasteiger partial charge in [-0.15, -0.1) is 10.2 Å². The van der Waals surface area contributed by atoms with Crippen molar-refractivity contribution in [3.05, 3.63) is 72.1 Å². The summed E-state index contributed by atoms with van der Waals surface area (Å²) in [5, 5.41) is 13.6. The van der Waals surface area contributed by atoms with Crippen molar-refractivity contribution >= 4 is 11.8 Å². The second-order valence-corrected chi connectivity index (χ2v) is 7.59. The minimum atomic E-state index is -0.0340. The molecule has 0 saturated heterocycles. The Labute approximate surface area is 167 Å². The first kappa shape index (κ1) is 18.4. The summed E-state index contributed by atoms with van der Waals surface area (Å²) in [4.78, 5) is 8.66. The molecule has 0 bridgehead atoms. The average Bonchev–Trinajstić information content (AvgIpc) is 3.37. The van der Waals surface area contributed by atoms with Gasteiger partial charge in [-0.25, -0.2) is 0 Å². The number of benzene rings is 1. The van der Waals surface area contributed by atoms with Gasteiger partial charge in [-0.3, -0.25) is 9.55 Å². The van der Waals surface area contributed by atoms with Gasteiger partial charge in [0.1, 0.15) is 0 Å². The summed E-state index contributed by atoms with van der Waals surface area (Å²) < 4.78 is 7.49. The van der Waals surface area contributed by atoms with E-state index < -0.39 is 0 Å². The van der Waals surface area contributed by atoms with Gasteiger partial charge in [-0.05, 0) is 24.6 Å². The molecule has 0 radical (unpaired) electrons. The van der Waals surface area contributed by atoms with E-state index >= 15 is 0 Å². The minimum absolute atomic E-state index is 0.0340. The fraction of sp³-hybridized carbons (Fsp3) is 0.250. The molecule has 7 nitrogen and oxygen atoms in total. The summed E-state index contributed by atoms with van der Waals surface area (Å²) in [7, 11) is 0. The van der Waals surface area contributed by atoms with Crippen molar-refractivity contribution in [3.63, 3.8) is 0 Å². The largest absolute Gasteiger partial charge is 0.338 e. The molecule has 0 aliphatic carbocycles. The molecule has 142 valence electrons. The van der Waals surface area contributed by atoms with Crippen molar-refractivity contribution in [1.29, 1.82) is 0 Å². The molecule has 1 aromatic carbocycles. The summed E-state index contributed by atoms with van der Waals surface area (Å²) >= 11 is 1.55. The van der Waals surface area contributed by atoms with Gasteiger partial charge in [-0.1, -0.05) is 54.2 Å². The Balaban J connectivity index is 1.67. The Morgan fingerprint density at radius 2 is 1.96 bits per heavy atom. The first-order valence-corrected chi connectivity index (χ1v) is 9.99. The number of rotatable bonds is 7. The summed E-state index contributed by atoms with van der Waals surface area (Å²) in [6.07, 6.45) is 4.30. The number of nitrogens with zero attached hydrogens (tertiary/aromatic N) is 6. The number of aryl methyl sites for hydroxylation is 1. The third kappa shape index (κ3) is 3.96. The van der Waals surface area contributed by atoms with Crippen LogP contribution in [-0.4, -0.2) is 29.9 Å². The lowest BCUT2D eigenvalue weighted by Gasteiger charge is -2.12. The molecule has 0 aliphatic rings. The highest BCUT2D eigenvalue weighted by Crippen LogP contribution is 2.35. The van der Waals surface area contributed by atoms with E-state index in [0.717, 1.165) is 23.0 Å². The Hall–Kier alpha value is -3.00. The second kappa shape index (κ2) is 8.35. The molecule has 1 unspecified atom stereocenters. The number of aromatic nitrogens is 6. The standard InChI is InChI=1S/C20H20N6OS/c1-3-17-22-19(27-25-17)14(2)28-20-24-23-18(16-10-7-11-21-12-16)26(20)13-15-8-5-4-6-9-15/h4-12,14H,3,13H2,1-2H3. The Morgan fingerprint density at radius 1 is 1.11 bits per heavy atom. The third-order valence-electron chi connectivity index (χ3n) is 4.25. The Kier molecular flexibility index (Phi) is 5.48. The lowest BCUT2D eigenvalue weighted by molar-refractivity contribution is 0.375. The van der Waals surface area contributed by atoms with Crippen LogP contribution in [-0.2, 0) is 13.0 Å². The maximum absolute atomic E-state index is 5.39. The van der Waals surface area contributed by atoms with E-state index in [0.29, 0.717) is 18.3 Å². The lowest BCUT2D eigenvalue weighted by atomic mass is 10.2. The Bertz CT molecular complexity index is 1030. The van der Waals surface area contributed by atoms with E-state index in [1.54, 1.807) is 24.2 Å². The van der Waals surface area contributed by atoms with Crippen LogP contribution in [0.2, 0.25) is 0 Å². The molecule has 28 heavy (non-hydrogen) atoms. The molecule has 0 spiro atoms. The van der Waals surface area contributed by atoms with Crippen LogP contribution < -0.4 is 0 Å². The predicted octanol–water partition coefficient (Wildman–Crippen LogP) is 4.19. The van der Waals surface area contributed by atoms with Gasteiger partial charge in [0, 0.05) is 24.4 Å². The van der Waals surface area contributed by atoms with Crippen molar-refractivity contribution in [2.24, 2.45) is 0 Å². The fourth-order valence-electron chi connectivity index (χ4n) is 2.78. The molecule has 0 saturated carbocycles. The molecule has 0 amide bonds. The number of hydrogen-bond acceptors (Lipinski definition) is 7. The van der Waals surface area contributed by atoms with Gasteiger partial charge in [0.05, 0.1) is 11.8 Å². The maximum atomic E-state index is 5.39. The van der Waals surface area contributed by atoms with E-state index in [2.05, 4.69) is 42.0 Å². The summed E-state index contributed by atoms with van der Waals surface area (Å²) in [5.74, 6) is 2.09. The van der Waals surface area contributed by atoms with Crippen LogP contribution in [0, 0.1) is 0 Å². The summed E-state index contributed by atoms with van der Waals surface area (Å²) in [6, 6.07) is 14.1. The van der Waals surface area contributed by atoms with Crippen molar-refractivity contribution in [3.8, 4) is 11.4 Å². The zero-order valence-electron chi connectivity index (χ0n) is 15.7. The quantitative estimate of drug-likeness (QED) is 0.436. The van der Waals surface area contributed by atoms with Crippen LogP contribution in [0.4, 0.5) is 0 Å². The van der Waals surface area contributed by atoms with Gasteiger partial charge in [-0.2, -0.15) is 4.98 Å². The SMILES string of the molecule is CCc1noc(C(C)Sc2nnc(-c3cccnc3)n2Cc2ccccc2)n1. The van der Waals surface area contributed by atoms with Gasteiger partial charge >= 0.3 is 0 Å². The average molecular weight is 392 g/mol. The van der Waals surface area contributed by atoms with Crippen LogP contribution in [0.5, 0.6) is 0 Å². The van der Waals surface area contributed by atoms with Crippen LogP contribution in [0.3, 0.4) is 0 Å². The lowest BCUT2D eigenvalue weighted by Crippen LogP contribution is -2.05. The van der Waals surface area contributed by atoms with Crippen LogP contribution >= 0.6 is 11.8 Å². The number of thioether (sulfide) groups is 1. The molecule has 4 aromatic rings. The monoisotopic (exact) mass is 392 g/mol. The van der Waals surface area contributed by atoms with Gasteiger partial charge in [0.25, 0.3) is 0 Å². The smallest absolute Gasteiger partial charge is 0.239 e. The van der Waals surface area contributed by atoms with Crippen LogP contribution in [0.15, 0.2) is 64.5 Å². The topological polar surface area (TPSA) is 82.5 Å². The molecule has 1 atom stereocenters. The summed E-state index contributed by atoms with van der Waals surface area (Å²) in [6.45, 7) is 4.70. The molecule has 8 heteroatoms. The van der Waals surface area contributed by atoms with Crippen molar-refractivity contribution < 1.29 is 4.52 Å². The molecular formula is C20H20N6OS. The second-order valence-electron chi connectivity index (χ2n) is 6.28. The fourth-order valence-corrected chi connectivity index (χ4v) is 3.66. The number of hydrogen-bond donors (Lipinski definition) is 0. The zero-order valence-corrected chi connectivity index (χ0v) is 16.5. The molecule has 0 fully saturated rings. The highest BCUT2D eigenvalue weighted by molar-refractivity contribution is 7.99. The van der Waals surface area contributed by atoms with E-state index in [4.69, 9.17) is 4.52 Å². The van der Waals surface area contributed by atoms with E-state index in [1.165, 1.54) is 5.56 Å². The van der Waals surface area contributed by atoms with E-state index in [9.17, 15) is 0 Å². The zero-order chi connectivity index (χ0) is 19.3. The highest BCUT2D eigenvalue weighted by atomic mass is 32.2. The van der Waals surface area contributed by atoms with Crippen molar-refractivity contribution in [2.45, 2.75) is 37.2 Å². The first-order valence-electron chi connectivity index (χ1n) is 9.11. The third-order valence-corrected chi connectivity index (χ3v) is 5.32. The van der Waals surface area contributed by atoms with Crippen LogP contribution in [0.1, 0.15) is 36.4 Å². The van der Waals surface area contributed by atoms with Gasteiger partial charge < -0.3 is 4.52 Å². The van der Waals surface area contributed by atoms with Crippen LogP contribution in [0.25, 0.3) is 11.4 Å². The van der Waals surface area contributed by atoms with E-state index in [-0.39, 0.29) is 5.25 Å². The minimum Gasteiger partial charge on any atom is -0.338 e. The molecular weight excluding hydrogens is 372 g/mol. The normalized spacial score (nSPS) is 12.2. The summed E-state index contributed by atoms with van der Waals surface area (Å²) in [5.41, 5.74) is 2.10. The molecule has 3 heterocycles. The number of pyridine rings is 1. The van der Waals surface area contributed by atoms with Crippen molar-refractivity contribution in [1.82, 2.24) is 29.9 Å². The predicted molar refractivity (Wildman–Crippen MR) is 107 cm³/mol. The maximum Gasteiger partial charge on any atom is 0.239 e. The van der Waals surface area contributed by atoms with Crippen molar-refractivity contribution in [2.75, 3.05) is 0 Å². The van der Waals surface area contributed by atoms with E-state index in [1.807, 2.05) is 44.2 Å². The van der Waals surface area contributed by atoms with Gasteiger partial charge in [0.15, 0.2) is 16.8 Å². The molecule has 3 aromatic heterocycles. The molecule has 4 rings (SSSR count). The first-order chi connectivity index (χ1) is 13.7. The highest BCUT2D eigenvalue weighted by Gasteiger charge is 2.21. The molecule has 0 aliphatic heterocycles. The Morgan fingerprint density at radius 3 is 2.68 bits per heavy atom.